The molecule has 17 nitrogen and oxygen atoms in total. The van der Waals surface area contributed by atoms with E-state index in [1.165, 1.54) is 186 Å². The predicted molar refractivity (Wildman–Crippen MR) is 358 cm³/mol. The van der Waals surface area contributed by atoms with Crippen molar-refractivity contribution < 1.29 is 80.2 Å². The molecule has 3 N–H and O–H groups in total. The minimum absolute atomic E-state index is 0.108. The predicted octanol–water partition coefficient (Wildman–Crippen LogP) is 20.1. The lowest BCUT2D eigenvalue weighted by Gasteiger charge is -2.21. The van der Waals surface area contributed by atoms with Crippen molar-refractivity contribution in [2.45, 2.75) is 380 Å². The summed E-state index contributed by atoms with van der Waals surface area (Å²) in [7, 11) is -9.90. The van der Waals surface area contributed by atoms with Gasteiger partial charge < -0.3 is 33.8 Å². The first-order chi connectivity index (χ1) is 43.0. The van der Waals surface area contributed by atoms with E-state index in [1.807, 2.05) is 0 Å². The van der Waals surface area contributed by atoms with E-state index in [0.29, 0.717) is 25.7 Å². The van der Waals surface area contributed by atoms with Crippen LogP contribution in [-0.2, 0) is 65.4 Å². The Hall–Kier alpha value is -1.94. The van der Waals surface area contributed by atoms with Crippen molar-refractivity contribution in [3.8, 4) is 0 Å². The van der Waals surface area contributed by atoms with Gasteiger partial charge in [0, 0.05) is 25.7 Å². The van der Waals surface area contributed by atoms with E-state index in [2.05, 4.69) is 34.6 Å². The number of phosphoric ester groups is 2. The number of unbranched alkanes of at least 4 members (excludes halogenated alkanes) is 42. The van der Waals surface area contributed by atoms with Gasteiger partial charge in [-0.1, -0.05) is 311 Å². The van der Waals surface area contributed by atoms with Gasteiger partial charge in [-0.2, -0.15) is 0 Å². The zero-order chi connectivity index (χ0) is 65.6. The van der Waals surface area contributed by atoms with Gasteiger partial charge in [-0.15, -0.1) is 0 Å². The Morgan fingerprint density at radius 2 is 0.517 bits per heavy atom. The average molecular weight is 1310 g/mol. The first kappa shape index (κ1) is 87.1. The average Bonchev–Trinajstić information content (AvgIpc) is 3.62. The molecule has 0 saturated carbocycles. The first-order valence-electron chi connectivity index (χ1n) is 36.6. The number of hydrogen-bond acceptors (Lipinski definition) is 15. The Kier molecular flexibility index (Phi) is 62.1. The van der Waals surface area contributed by atoms with E-state index in [9.17, 15) is 43.2 Å². The second kappa shape index (κ2) is 63.5. The van der Waals surface area contributed by atoms with Crippen LogP contribution in [0.25, 0.3) is 0 Å². The van der Waals surface area contributed by atoms with E-state index in [1.54, 1.807) is 0 Å². The molecule has 0 saturated heterocycles. The molecule has 0 aromatic rings. The number of aliphatic hydroxyl groups is 1. The van der Waals surface area contributed by atoms with Crippen LogP contribution >= 0.6 is 15.6 Å². The van der Waals surface area contributed by atoms with E-state index in [4.69, 9.17) is 37.0 Å². The minimum atomic E-state index is -4.95. The number of hydrogen-bond donors (Lipinski definition) is 3. The van der Waals surface area contributed by atoms with Gasteiger partial charge in [-0.3, -0.25) is 37.3 Å². The van der Waals surface area contributed by atoms with E-state index in [-0.39, 0.29) is 25.7 Å². The number of carbonyl (C=O) groups is 4. The summed E-state index contributed by atoms with van der Waals surface area (Å²) in [6.07, 6.45) is 49.7. The second-order valence-corrected chi connectivity index (χ2v) is 28.7. The highest BCUT2D eigenvalue weighted by molar-refractivity contribution is 7.47. The molecule has 0 aliphatic rings. The van der Waals surface area contributed by atoms with Gasteiger partial charge in [0.1, 0.15) is 19.3 Å². The number of carbonyl (C=O) groups excluding carboxylic acids is 4. The van der Waals surface area contributed by atoms with Gasteiger partial charge in [0.2, 0.25) is 0 Å². The normalized spacial score (nSPS) is 14.1. The molecule has 0 aromatic heterocycles. The summed E-state index contributed by atoms with van der Waals surface area (Å²) in [6.45, 7) is 7.24. The van der Waals surface area contributed by atoms with Gasteiger partial charge in [-0.05, 0) is 31.6 Å². The molecule has 19 heteroatoms. The highest BCUT2D eigenvalue weighted by atomic mass is 31.2. The van der Waals surface area contributed by atoms with Crippen molar-refractivity contribution >= 4 is 39.5 Å². The quantitative estimate of drug-likeness (QED) is 0.0222. The van der Waals surface area contributed by atoms with Crippen molar-refractivity contribution in [3.63, 3.8) is 0 Å². The van der Waals surface area contributed by atoms with Gasteiger partial charge in [0.05, 0.1) is 26.4 Å². The molecule has 0 amide bonds. The lowest BCUT2D eigenvalue weighted by Crippen LogP contribution is -2.30. The van der Waals surface area contributed by atoms with Gasteiger partial charge in [0.15, 0.2) is 12.2 Å². The SMILES string of the molecule is CCCCCCCCCCCCCCCCC(=O)O[C@H](COC(=O)CCCCCCCCCCCCC(C)C)COP(=O)(O)OC[C@@H](O)COP(=O)(O)OC[C@@H](COC(=O)CCCCCCCCCCCC)OC(=O)CCCCCCCCCCCCCC. The molecule has 0 heterocycles. The molecule has 0 rings (SSSR count). The fourth-order valence-electron chi connectivity index (χ4n) is 10.6. The summed E-state index contributed by atoms with van der Waals surface area (Å²) < 4.78 is 68.3. The van der Waals surface area contributed by atoms with E-state index < -0.39 is 97.5 Å². The van der Waals surface area contributed by atoms with Crippen molar-refractivity contribution in [2.75, 3.05) is 39.6 Å². The molecule has 2 unspecified atom stereocenters. The second-order valence-electron chi connectivity index (χ2n) is 25.7. The number of esters is 4. The Balaban J connectivity index is 5.25. The van der Waals surface area contributed by atoms with Gasteiger partial charge in [0.25, 0.3) is 0 Å². The minimum Gasteiger partial charge on any atom is -0.462 e. The summed E-state index contributed by atoms with van der Waals surface area (Å²) in [5.74, 6) is -1.36. The smallest absolute Gasteiger partial charge is 0.462 e. The maximum atomic E-state index is 13.0. The molecule has 0 spiro atoms. The Morgan fingerprint density at radius 1 is 0.303 bits per heavy atom. The van der Waals surface area contributed by atoms with Crippen LogP contribution in [0.5, 0.6) is 0 Å². The van der Waals surface area contributed by atoms with E-state index in [0.717, 1.165) is 95.8 Å². The number of aliphatic hydroxyl groups excluding tert-OH is 1. The van der Waals surface area contributed by atoms with Gasteiger partial charge in [-0.25, -0.2) is 9.13 Å². The van der Waals surface area contributed by atoms with Crippen molar-refractivity contribution in [1.29, 1.82) is 0 Å². The van der Waals surface area contributed by atoms with Crippen LogP contribution in [0, 0.1) is 5.92 Å². The van der Waals surface area contributed by atoms with Gasteiger partial charge >= 0.3 is 39.5 Å². The maximum absolute atomic E-state index is 13.0. The van der Waals surface area contributed by atoms with Crippen molar-refractivity contribution in [2.24, 2.45) is 5.92 Å². The molecule has 0 aromatic carbocycles. The number of ether oxygens (including phenoxy) is 4. The summed E-state index contributed by atoms with van der Waals surface area (Å²) in [5, 5.41) is 10.6. The van der Waals surface area contributed by atoms with Crippen LogP contribution in [-0.4, -0.2) is 96.7 Å². The zero-order valence-corrected chi connectivity index (χ0v) is 59.4. The fourth-order valence-corrected chi connectivity index (χ4v) is 12.2. The Morgan fingerprint density at radius 3 is 0.764 bits per heavy atom. The summed E-state index contributed by atoms with van der Waals surface area (Å²) >= 11 is 0. The monoisotopic (exact) mass is 1310 g/mol. The fraction of sp³-hybridized carbons (Fsp3) is 0.943. The summed E-state index contributed by atoms with van der Waals surface area (Å²) in [5.41, 5.74) is 0. The molecular weight excluding hydrogens is 1170 g/mol. The van der Waals surface area contributed by atoms with Crippen molar-refractivity contribution in [1.82, 2.24) is 0 Å². The van der Waals surface area contributed by atoms with Crippen LogP contribution in [0.1, 0.15) is 362 Å². The maximum Gasteiger partial charge on any atom is 0.472 e. The van der Waals surface area contributed by atoms with Crippen LogP contribution in [0.15, 0.2) is 0 Å². The summed E-state index contributed by atoms with van der Waals surface area (Å²) in [6, 6.07) is 0. The Labute approximate surface area is 543 Å². The van der Waals surface area contributed by atoms with Crippen molar-refractivity contribution in [3.05, 3.63) is 0 Å². The molecule has 0 aliphatic heterocycles. The topological polar surface area (TPSA) is 237 Å². The van der Waals surface area contributed by atoms with Crippen LogP contribution < -0.4 is 0 Å². The number of rotatable bonds is 70. The molecule has 0 aliphatic carbocycles. The van der Waals surface area contributed by atoms with E-state index >= 15 is 0 Å². The summed E-state index contributed by atoms with van der Waals surface area (Å²) in [4.78, 5) is 72.5. The third-order valence-corrected chi connectivity index (χ3v) is 18.2. The molecule has 89 heavy (non-hydrogen) atoms. The third kappa shape index (κ3) is 64.6. The molecular formula is C70H136O17P2. The molecule has 0 radical (unpaired) electrons. The largest absolute Gasteiger partial charge is 0.472 e. The Bertz CT molecular complexity index is 1720. The molecule has 5 atom stereocenters. The molecule has 0 bridgehead atoms. The number of phosphoric acid groups is 2. The van der Waals surface area contributed by atoms with Crippen LogP contribution in [0.2, 0.25) is 0 Å². The lowest BCUT2D eigenvalue weighted by atomic mass is 10.0. The molecule has 0 fully saturated rings. The van der Waals surface area contributed by atoms with Crippen LogP contribution in [0.3, 0.4) is 0 Å². The highest BCUT2D eigenvalue weighted by Crippen LogP contribution is 2.45. The zero-order valence-electron chi connectivity index (χ0n) is 57.6. The lowest BCUT2D eigenvalue weighted by molar-refractivity contribution is -0.161. The third-order valence-electron chi connectivity index (χ3n) is 16.3. The highest BCUT2D eigenvalue weighted by Gasteiger charge is 2.30. The van der Waals surface area contributed by atoms with Crippen LogP contribution in [0.4, 0.5) is 0 Å². The first-order valence-corrected chi connectivity index (χ1v) is 39.6. The molecule has 528 valence electrons. The standard InChI is InChI=1S/C70H136O17P2/c1-6-9-12-15-18-21-24-26-27-29-36-41-46-51-56-70(75)87-66(60-81-68(73)54-49-44-39-34-31-30-32-37-42-47-52-63(4)5)62-85-89(78,79)83-58-64(71)57-82-88(76,77)84-61-65(59-80-67(72)53-48-43-38-33-23-20-17-14-11-8-3)86-69(74)55-50-45-40-35-28-25-22-19-16-13-10-7-2/h63-66,71H,6-62H2,1-5H3,(H,76,77)(H,78,79)/t64-,65+,66+/m0/s1.